The number of allylic oxidation sites excluding steroid dienone is 2. The summed E-state index contributed by atoms with van der Waals surface area (Å²) in [6, 6.07) is 0. The Bertz CT molecular complexity index is 315. The number of carbonyl (C=O) groups is 1. The van der Waals surface area contributed by atoms with Crippen LogP contribution in [0.3, 0.4) is 0 Å². The Hall–Kier alpha value is -0.830. The van der Waals surface area contributed by atoms with Gasteiger partial charge in [-0.05, 0) is 45.6 Å². The number of carbonyl (C=O) groups excluding carboxylic acids is 1. The molecule has 0 amide bonds. The summed E-state index contributed by atoms with van der Waals surface area (Å²) in [7, 11) is 0. The average Bonchev–Trinajstić information content (AvgIpc) is 2.64. The monoisotopic (exact) mass is 367 g/mol. The van der Waals surface area contributed by atoms with E-state index in [2.05, 4.69) is 24.4 Å². The average molecular weight is 368 g/mol. The molecule has 3 heteroatoms. The maximum absolute atomic E-state index is 11.2. The lowest BCUT2D eigenvalue weighted by atomic mass is 10.1. The van der Waals surface area contributed by atoms with Crippen LogP contribution in [-0.4, -0.2) is 25.7 Å². The third-order valence-corrected chi connectivity index (χ3v) is 4.68. The molecule has 0 saturated heterocycles. The fraction of sp³-hybridized carbons (Fsp3) is 0.870. The van der Waals surface area contributed by atoms with E-state index in [1.54, 1.807) is 0 Å². The quantitative estimate of drug-likeness (QED) is 0.150. The van der Waals surface area contributed by atoms with E-state index in [4.69, 9.17) is 4.74 Å². The minimum atomic E-state index is -0.0963. The van der Waals surface area contributed by atoms with Crippen LogP contribution in [-0.2, 0) is 9.53 Å². The Morgan fingerprint density at radius 1 is 0.731 bits per heavy atom. The van der Waals surface area contributed by atoms with Crippen LogP contribution in [0.2, 0.25) is 0 Å². The molecule has 26 heavy (non-hydrogen) atoms. The first kappa shape index (κ1) is 25.2. The SMILES string of the molecule is CCCCCCCC/C=C\CCCCCCCCNCCC(=O)OCC. The van der Waals surface area contributed by atoms with E-state index in [1.165, 1.54) is 89.9 Å². The third-order valence-electron chi connectivity index (χ3n) is 4.68. The lowest BCUT2D eigenvalue weighted by molar-refractivity contribution is -0.142. The standard InChI is InChI=1S/C23H45NO2/c1-3-5-6-7-8-9-10-11-12-13-14-15-16-17-18-19-21-24-22-20-23(25)26-4-2/h11-12,24H,3-10,13-22H2,1-2H3/b12-11-. The number of rotatable bonds is 20. The van der Waals surface area contributed by atoms with Gasteiger partial charge in [-0.2, -0.15) is 0 Å². The highest BCUT2D eigenvalue weighted by Gasteiger charge is 1.99. The molecule has 0 saturated carbocycles. The topological polar surface area (TPSA) is 38.3 Å². The predicted octanol–water partition coefficient (Wildman–Crippen LogP) is 6.57. The molecule has 0 heterocycles. The lowest BCUT2D eigenvalue weighted by Gasteiger charge is -2.05. The predicted molar refractivity (Wildman–Crippen MR) is 114 cm³/mol. The molecule has 0 aliphatic carbocycles. The smallest absolute Gasteiger partial charge is 0.307 e. The normalized spacial score (nSPS) is 11.3. The zero-order valence-corrected chi connectivity index (χ0v) is 17.7. The Morgan fingerprint density at radius 2 is 1.27 bits per heavy atom. The number of ether oxygens (including phenoxy) is 1. The molecule has 154 valence electrons. The van der Waals surface area contributed by atoms with Crippen LogP contribution >= 0.6 is 0 Å². The molecule has 3 nitrogen and oxygen atoms in total. The van der Waals surface area contributed by atoms with Gasteiger partial charge in [0.2, 0.25) is 0 Å². The van der Waals surface area contributed by atoms with Gasteiger partial charge in [-0.3, -0.25) is 4.79 Å². The summed E-state index contributed by atoms with van der Waals surface area (Å²) in [5.74, 6) is -0.0963. The Balaban J connectivity index is 3.10. The molecule has 0 aromatic carbocycles. The van der Waals surface area contributed by atoms with Crippen molar-refractivity contribution in [2.75, 3.05) is 19.7 Å². The van der Waals surface area contributed by atoms with E-state index in [-0.39, 0.29) is 5.97 Å². The van der Waals surface area contributed by atoms with Gasteiger partial charge in [0, 0.05) is 6.54 Å². The first-order chi connectivity index (χ1) is 12.8. The Morgan fingerprint density at radius 3 is 1.85 bits per heavy atom. The van der Waals surface area contributed by atoms with Gasteiger partial charge in [0.1, 0.15) is 0 Å². The summed E-state index contributed by atoms with van der Waals surface area (Å²) in [5, 5.41) is 3.31. The van der Waals surface area contributed by atoms with Gasteiger partial charge in [0.15, 0.2) is 0 Å². The molecule has 0 spiro atoms. The van der Waals surface area contributed by atoms with Gasteiger partial charge in [0.25, 0.3) is 0 Å². The highest BCUT2D eigenvalue weighted by molar-refractivity contribution is 5.69. The van der Waals surface area contributed by atoms with Crippen molar-refractivity contribution in [3.63, 3.8) is 0 Å². The summed E-state index contributed by atoms with van der Waals surface area (Å²) >= 11 is 0. The number of esters is 1. The molecular formula is C23H45NO2. The first-order valence-corrected chi connectivity index (χ1v) is 11.3. The van der Waals surface area contributed by atoms with Crippen LogP contribution < -0.4 is 5.32 Å². The minimum Gasteiger partial charge on any atom is -0.466 e. The maximum atomic E-state index is 11.2. The highest BCUT2D eigenvalue weighted by Crippen LogP contribution is 2.09. The molecule has 0 atom stereocenters. The summed E-state index contributed by atoms with van der Waals surface area (Å²) in [6.07, 6.45) is 24.0. The van der Waals surface area contributed by atoms with Crippen molar-refractivity contribution in [2.45, 2.75) is 110 Å². The molecule has 1 N–H and O–H groups in total. The van der Waals surface area contributed by atoms with E-state index in [1.807, 2.05) is 6.92 Å². The van der Waals surface area contributed by atoms with Crippen molar-refractivity contribution in [2.24, 2.45) is 0 Å². The van der Waals surface area contributed by atoms with Crippen molar-refractivity contribution in [1.29, 1.82) is 0 Å². The summed E-state index contributed by atoms with van der Waals surface area (Å²) in [4.78, 5) is 11.2. The first-order valence-electron chi connectivity index (χ1n) is 11.3. The van der Waals surface area contributed by atoms with Crippen LogP contribution in [0.1, 0.15) is 110 Å². The summed E-state index contributed by atoms with van der Waals surface area (Å²) in [6.45, 7) is 6.35. The van der Waals surface area contributed by atoms with Crippen molar-refractivity contribution >= 4 is 5.97 Å². The fourth-order valence-corrected chi connectivity index (χ4v) is 3.05. The number of unbranched alkanes of at least 4 members (excludes halogenated alkanes) is 12. The van der Waals surface area contributed by atoms with Gasteiger partial charge < -0.3 is 10.1 Å². The molecule has 0 aliphatic rings. The summed E-state index contributed by atoms with van der Waals surface area (Å²) < 4.78 is 4.90. The van der Waals surface area contributed by atoms with Crippen molar-refractivity contribution < 1.29 is 9.53 Å². The largest absolute Gasteiger partial charge is 0.466 e. The highest BCUT2D eigenvalue weighted by atomic mass is 16.5. The maximum Gasteiger partial charge on any atom is 0.307 e. The van der Waals surface area contributed by atoms with Crippen LogP contribution in [0.4, 0.5) is 0 Å². The van der Waals surface area contributed by atoms with E-state index in [0.29, 0.717) is 13.0 Å². The van der Waals surface area contributed by atoms with Crippen molar-refractivity contribution in [3.8, 4) is 0 Å². The Labute approximate surface area is 163 Å². The molecule has 0 unspecified atom stereocenters. The van der Waals surface area contributed by atoms with E-state index in [9.17, 15) is 4.79 Å². The van der Waals surface area contributed by atoms with E-state index >= 15 is 0 Å². The number of nitrogens with one attached hydrogen (secondary N) is 1. The van der Waals surface area contributed by atoms with Crippen LogP contribution in [0.5, 0.6) is 0 Å². The molecule has 0 aromatic heterocycles. The van der Waals surface area contributed by atoms with Crippen molar-refractivity contribution in [1.82, 2.24) is 5.32 Å². The molecule has 0 rings (SSSR count). The minimum absolute atomic E-state index is 0.0963. The van der Waals surface area contributed by atoms with Gasteiger partial charge in [-0.25, -0.2) is 0 Å². The van der Waals surface area contributed by atoms with Gasteiger partial charge in [-0.1, -0.05) is 76.9 Å². The molecular weight excluding hydrogens is 322 g/mol. The third kappa shape index (κ3) is 21.2. The second kappa shape index (κ2) is 22.2. The Kier molecular flexibility index (Phi) is 21.5. The molecule has 0 aromatic rings. The summed E-state index contributed by atoms with van der Waals surface area (Å²) in [5.41, 5.74) is 0. The molecule has 0 aliphatic heterocycles. The molecule has 0 fully saturated rings. The van der Waals surface area contributed by atoms with Crippen molar-refractivity contribution in [3.05, 3.63) is 12.2 Å². The second-order valence-electron chi connectivity index (χ2n) is 7.24. The van der Waals surface area contributed by atoms with Crippen LogP contribution in [0, 0.1) is 0 Å². The van der Waals surface area contributed by atoms with Gasteiger partial charge in [0.05, 0.1) is 13.0 Å². The molecule has 0 radical (unpaired) electrons. The van der Waals surface area contributed by atoms with Gasteiger partial charge >= 0.3 is 5.97 Å². The van der Waals surface area contributed by atoms with Crippen LogP contribution in [0.25, 0.3) is 0 Å². The fourth-order valence-electron chi connectivity index (χ4n) is 3.05. The number of hydrogen-bond acceptors (Lipinski definition) is 3. The molecule has 0 bridgehead atoms. The van der Waals surface area contributed by atoms with E-state index < -0.39 is 0 Å². The number of hydrogen-bond donors (Lipinski definition) is 1. The van der Waals surface area contributed by atoms with Crippen LogP contribution in [0.15, 0.2) is 12.2 Å². The second-order valence-corrected chi connectivity index (χ2v) is 7.24. The zero-order chi connectivity index (χ0) is 19.1. The lowest BCUT2D eigenvalue weighted by Crippen LogP contribution is -2.20. The van der Waals surface area contributed by atoms with Gasteiger partial charge in [-0.15, -0.1) is 0 Å². The zero-order valence-electron chi connectivity index (χ0n) is 17.7. The van der Waals surface area contributed by atoms with E-state index in [0.717, 1.165) is 13.1 Å².